The minimum absolute atomic E-state index is 0.0523. The molecule has 1 atom stereocenters. The van der Waals surface area contributed by atoms with Gasteiger partial charge >= 0.3 is 6.18 Å². The second kappa shape index (κ2) is 7.53. The van der Waals surface area contributed by atoms with Gasteiger partial charge in [-0.2, -0.15) is 13.2 Å². The number of alkyl halides is 3. The summed E-state index contributed by atoms with van der Waals surface area (Å²) in [6.45, 7) is 6.45. The highest BCUT2D eigenvalue weighted by Crippen LogP contribution is 2.28. The molecular weight excluding hydrogens is 267 g/mol. The molecule has 114 valence electrons. The average Bonchev–Trinajstić information content (AvgIpc) is 2.34. The predicted molar refractivity (Wildman–Crippen MR) is 74.1 cm³/mol. The fraction of sp³-hybridized carbons (Fsp3) is 0.600. The Morgan fingerprint density at radius 1 is 1.30 bits per heavy atom. The molecule has 0 fully saturated rings. The zero-order valence-corrected chi connectivity index (χ0v) is 12.2. The Hall–Kier alpha value is -1.23. The van der Waals surface area contributed by atoms with Gasteiger partial charge in [0.2, 0.25) is 0 Å². The van der Waals surface area contributed by atoms with Crippen LogP contribution < -0.4 is 10.1 Å². The van der Waals surface area contributed by atoms with Crippen molar-refractivity contribution < 1.29 is 17.9 Å². The monoisotopic (exact) mass is 289 g/mol. The van der Waals surface area contributed by atoms with Gasteiger partial charge in [0, 0.05) is 11.6 Å². The molecule has 0 bridgehead atoms. The van der Waals surface area contributed by atoms with Gasteiger partial charge in [-0.05, 0) is 38.4 Å². The first-order chi connectivity index (χ1) is 9.33. The van der Waals surface area contributed by atoms with Gasteiger partial charge < -0.3 is 10.1 Å². The molecule has 1 N–H and O–H groups in total. The van der Waals surface area contributed by atoms with E-state index in [1.165, 1.54) is 0 Å². The van der Waals surface area contributed by atoms with Gasteiger partial charge in [0.05, 0.1) is 13.0 Å². The Labute approximate surface area is 118 Å². The van der Waals surface area contributed by atoms with Crippen molar-refractivity contribution in [2.24, 2.45) is 0 Å². The van der Waals surface area contributed by atoms with E-state index in [1.807, 2.05) is 26.0 Å². The maximum Gasteiger partial charge on any atom is 0.392 e. The van der Waals surface area contributed by atoms with E-state index >= 15 is 0 Å². The number of rotatable bonds is 7. The van der Waals surface area contributed by atoms with Crippen molar-refractivity contribution in [3.05, 3.63) is 29.3 Å². The molecule has 0 aliphatic rings. The molecule has 0 saturated carbocycles. The summed E-state index contributed by atoms with van der Waals surface area (Å²) in [6.07, 6.45) is -4.12. The lowest BCUT2D eigenvalue weighted by Gasteiger charge is -2.19. The van der Waals surface area contributed by atoms with Gasteiger partial charge in [-0.15, -0.1) is 0 Å². The summed E-state index contributed by atoms with van der Waals surface area (Å²) in [6, 6.07) is 5.69. The van der Waals surface area contributed by atoms with Crippen LogP contribution in [-0.4, -0.2) is 19.3 Å². The topological polar surface area (TPSA) is 21.3 Å². The van der Waals surface area contributed by atoms with Gasteiger partial charge in [0.25, 0.3) is 0 Å². The molecule has 1 rings (SSSR count). The first-order valence-corrected chi connectivity index (χ1v) is 6.87. The molecule has 1 aromatic carbocycles. The van der Waals surface area contributed by atoms with E-state index in [-0.39, 0.29) is 12.6 Å². The van der Waals surface area contributed by atoms with Crippen LogP contribution in [0.1, 0.15) is 43.9 Å². The molecule has 2 nitrogen and oxygen atoms in total. The van der Waals surface area contributed by atoms with Crippen molar-refractivity contribution in [3.63, 3.8) is 0 Å². The highest BCUT2D eigenvalue weighted by atomic mass is 19.4. The van der Waals surface area contributed by atoms with Crippen LogP contribution in [0.5, 0.6) is 5.75 Å². The average molecular weight is 289 g/mol. The van der Waals surface area contributed by atoms with E-state index in [0.717, 1.165) is 24.1 Å². The summed E-state index contributed by atoms with van der Waals surface area (Å²) in [7, 11) is 0. The van der Waals surface area contributed by atoms with E-state index in [0.29, 0.717) is 5.75 Å². The molecule has 0 aliphatic carbocycles. The van der Waals surface area contributed by atoms with E-state index in [2.05, 4.69) is 12.2 Å². The minimum Gasteiger partial charge on any atom is -0.493 e. The molecule has 0 saturated heterocycles. The van der Waals surface area contributed by atoms with E-state index in [1.54, 1.807) is 6.07 Å². The number of nitrogens with one attached hydrogen (secondary N) is 1. The summed E-state index contributed by atoms with van der Waals surface area (Å²) in [4.78, 5) is 0. The van der Waals surface area contributed by atoms with Crippen molar-refractivity contribution >= 4 is 0 Å². The standard InChI is InChI=1S/C15H22F3NO/c1-4-8-19-12(3)13-6-5-11(2)10-14(13)20-9-7-15(16,17)18/h5-6,10,12,19H,4,7-9H2,1-3H3. The van der Waals surface area contributed by atoms with Crippen LogP contribution in [-0.2, 0) is 0 Å². The number of benzene rings is 1. The maximum absolute atomic E-state index is 12.2. The van der Waals surface area contributed by atoms with Gasteiger partial charge in [0.1, 0.15) is 5.75 Å². The van der Waals surface area contributed by atoms with Crippen molar-refractivity contribution in [3.8, 4) is 5.75 Å². The van der Waals surface area contributed by atoms with Crippen LogP contribution in [0, 0.1) is 6.92 Å². The second-order valence-corrected chi connectivity index (χ2v) is 4.93. The summed E-state index contributed by atoms with van der Waals surface area (Å²) in [5, 5.41) is 3.31. The Kier molecular flexibility index (Phi) is 6.33. The van der Waals surface area contributed by atoms with Crippen LogP contribution >= 0.6 is 0 Å². The Balaban J connectivity index is 2.74. The lowest BCUT2D eigenvalue weighted by molar-refractivity contribution is -0.139. The molecule has 0 spiro atoms. The van der Waals surface area contributed by atoms with Crippen LogP contribution in [0.4, 0.5) is 13.2 Å². The van der Waals surface area contributed by atoms with Crippen LogP contribution in [0.15, 0.2) is 18.2 Å². The zero-order valence-electron chi connectivity index (χ0n) is 12.2. The number of halogens is 3. The molecule has 0 radical (unpaired) electrons. The van der Waals surface area contributed by atoms with Gasteiger partial charge in [-0.25, -0.2) is 0 Å². The highest BCUT2D eigenvalue weighted by molar-refractivity contribution is 5.39. The molecule has 1 aromatic rings. The van der Waals surface area contributed by atoms with Crippen molar-refractivity contribution in [2.45, 2.75) is 45.8 Å². The number of hydrogen-bond acceptors (Lipinski definition) is 2. The fourth-order valence-corrected chi connectivity index (χ4v) is 1.87. The quantitative estimate of drug-likeness (QED) is 0.804. The first-order valence-electron chi connectivity index (χ1n) is 6.87. The third-order valence-corrected chi connectivity index (χ3v) is 2.98. The molecule has 1 unspecified atom stereocenters. The molecule has 0 amide bonds. The molecule has 0 aliphatic heterocycles. The molecule has 20 heavy (non-hydrogen) atoms. The van der Waals surface area contributed by atoms with E-state index < -0.39 is 12.6 Å². The normalized spacial score (nSPS) is 13.3. The van der Waals surface area contributed by atoms with E-state index in [4.69, 9.17) is 4.74 Å². The van der Waals surface area contributed by atoms with Crippen LogP contribution in [0.3, 0.4) is 0 Å². The van der Waals surface area contributed by atoms with Crippen molar-refractivity contribution in [1.29, 1.82) is 0 Å². The SMILES string of the molecule is CCCNC(C)c1ccc(C)cc1OCCC(F)(F)F. The first kappa shape index (κ1) is 16.8. The highest BCUT2D eigenvalue weighted by Gasteiger charge is 2.27. The summed E-state index contributed by atoms with van der Waals surface area (Å²) < 4.78 is 41.8. The van der Waals surface area contributed by atoms with Crippen molar-refractivity contribution in [2.75, 3.05) is 13.2 Å². The zero-order chi connectivity index (χ0) is 15.2. The van der Waals surface area contributed by atoms with Gasteiger partial charge in [-0.3, -0.25) is 0 Å². The summed E-state index contributed by atoms with van der Waals surface area (Å²) in [5.41, 5.74) is 1.87. The maximum atomic E-state index is 12.2. The van der Waals surface area contributed by atoms with Crippen molar-refractivity contribution in [1.82, 2.24) is 5.32 Å². The minimum atomic E-state index is -4.18. The molecule has 0 aromatic heterocycles. The number of hydrogen-bond donors (Lipinski definition) is 1. The number of aryl methyl sites for hydroxylation is 1. The number of ether oxygens (including phenoxy) is 1. The van der Waals surface area contributed by atoms with E-state index in [9.17, 15) is 13.2 Å². The predicted octanol–water partition coefficient (Wildman–Crippen LogP) is 4.39. The van der Waals surface area contributed by atoms with Crippen LogP contribution in [0.25, 0.3) is 0 Å². The molecular formula is C15H22F3NO. The van der Waals surface area contributed by atoms with Gasteiger partial charge in [0.15, 0.2) is 0 Å². The fourth-order valence-electron chi connectivity index (χ4n) is 1.87. The smallest absolute Gasteiger partial charge is 0.392 e. The Morgan fingerprint density at radius 2 is 2.00 bits per heavy atom. The molecule has 5 heteroatoms. The lowest BCUT2D eigenvalue weighted by atomic mass is 10.0. The van der Waals surface area contributed by atoms with Gasteiger partial charge in [-0.1, -0.05) is 19.1 Å². The summed E-state index contributed by atoms with van der Waals surface area (Å²) in [5.74, 6) is 0.533. The Bertz CT molecular complexity index is 418. The molecule has 0 heterocycles. The Morgan fingerprint density at radius 3 is 2.60 bits per heavy atom. The lowest BCUT2D eigenvalue weighted by Crippen LogP contribution is -2.20. The summed E-state index contributed by atoms with van der Waals surface area (Å²) >= 11 is 0. The largest absolute Gasteiger partial charge is 0.493 e. The third-order valence-electron chi connectivity index (χ3n) is 2.98. The van der Waals surface area contributed by atoms with Crippen LogP contribution in [0.2, 0.25) is 0 Å². The second-order valence-electron chi connectivity index (χ2n) is 4.93. The third kappa shape index (κ3) is 5.82.